The van der Waals surface area contributed by atoms with Gasteiger partial charge in [0.15, 0.2) is 11.4 Å². The Balaban J connectivity index is 1.30. The molecule has 7 aromatic carbocycles. The molecule has 210 valence electrons. The second kappa shape index (κ2) is 10.3. The molecule has 0 amide bonds. The van der Waals surface area contributed by atoms with E-state index in [0.29, 0.717) is 11.4 Å². The summed E-state index contributed by atoms with van der Waals surface area (Å²) in [6.45, 7) is 0. The maximum Gasteiger partial charge on any atom is 0.180 e. The van der Waals surface area contributed by atoms with Gasteiger partial charge in [0.1, 0.15) is 16.8 Å². The minimum absolute atomic E-state index is 0.682. The van der Waals surface area contributed by atoms with Gasteiger partial charge >= 0.3 is 0 Å². The summed E-state index contributed by atoms with van der Waals surface area (Å²) >= 11 is 0. The molecule has 3 heteroatoms. The molecule has 9 aromatic rings. The number of benzene rings is 7. The van der Waals surface area contributed by atoms with Crippen LogP contribution in [-0.2, 0) is 0 Å². The maximum absolute atomic E-state index is 6.62. The van der Waals surface area contributed by atoms with E-state index in [0.717, 1.165) is 66.0 Å². The van der Waals surface area contributed by atoms with Crippen molar-refractivity contribution in [3.05, 3.63) is 158 Å². The lowest BCUT2D eigenvalue weighted by atomic mass is 9.97. The molecule has 0 bridgehead atoms. The van der Waals surface area contributed by atoms with Crippen molar-refractivity contribution >= 4 is 43.6 Å². The standard InChI is InChI=1S/C42H26N2O/c1-2-11-27(12-3-1)30-16-8-17-31(25-30)32-18-9-19-33(26-32)39-41-40(38-35-21-7-5-14-29(35)23-24-37(38)45-41)44-42(43-39)36-22-10-15-28-13-4-6-20-34(28)36/h1-26H. The Kier molecular flexibility index (Phi) is 5.82. The molecule has 0 unspecified atom stereocenters. The number of rotatable bonds is 4. The molecule has 9 rings (SSSR count). The molecule has 0 spiro atoms. The second-order valence-corrected chi connectivity index (χ2v) is 11.4. The van der Waals surface area contributed by atoms with Crippen molar-refractivity contribution in [1.29, 1.82) is 0 Å². The average Bonchev–Trinajstić information content (AvgIpc) is 3.51. The van der Waals surface area contributed by atoms with Crippen LogP contribution in [0.2, 0.25) is 0 Å². The Morgan fingerprint density at radius 2 is 1.00 bits per heavy atom. The third-order valence-electron chi connectivity index (χ3n) is 8.67. The number of furan rings is 1. The summed E-state index contributed by atoms with van der Waals surface area (Å²) in [7, 11) is 0. The zero-order valence-electron chi connectivity index (χ0n) is 24.3. The lowest BCUT2D eigenvalue weighted by Crippen LogP contribution is -1.95. The molecular formula is C42H26N2O. The fourth-order valence-electron chi connectivity index (χ4n) is 6.50. The zero-order valence-corrected chi connectivity index (χ0v) is 24.3. The van der Waals surface area contributed by atoms with Crippen LogP contribution in [0.25, 0.3) is 88.5 Å². The van der Waals surface area contributed by atoms with Crippen LogP contribution < -0.4 is 0 Å². The van der Waals surface area contributed by atoms with E-state index in [-0.39, 0.29) is 0 Å². The highest BCUT2D eigenvalue weighted by atomic mass is 16.3. The van der Waals surface area contributed by atoms with Crippen molar-refractivity contribution in [2.24, 2.45) is 0 Å². The normalized spacial score (nSPS) is 11.6. The summed E-state index contributed by atoms with van der Waals surface area (Å²) < 4.78 is 6.62. The van der Waals surface area contributed by atoms with Gasteiger partial charge in [-0.2, -0.15) is 0 Å². The first-order valence-electron chi connectivity index (χ1n) is 15.2. The van der Waals surface area contributed by atoms with Gasteiger partial charge in [-0.05, 0) is 62.0 Å². The molecule has 0 fully saturated rings. The van der Waals surface area contributed by atoms with Crippen LogP contribution in [0, 0.1) is 0 Å². The van der Waals surface area contributed by atoms with Gasteiger partial charge in [-0.15, -0.1) is 0 Å². The molecule has 0 radical (unpaired) electrons. The first-order valence-corrected chi connectivity index (χ1v) is 15.2. The third-order valence-corrected chi connectivity index (χ3v) is 8.67. The fraction of sp³-hybridized carbons (Fsp3) is 0. The molecule has 0 aliphatic heterocycles. The number of aromatic nitrogens is 2. The van der Waals surface area contributed by atoms with E-state index in [9.17, 15) is 0 Å². The molecule has 45 heavy (non-hydrogen) atoms. The third kappa shape index (κ3) is 4.29. The molecule has 0 saturated heterocycles. The predicted molar refractivity (Wildman–Crippen MR) is 186 cm³/mol. The van der Waals surface area contributed by atoms with Crippen LogP contribution in [0.4, 0.5) is 0 Å². The summed E-state index contributed by atoms with van der Waals surface area (Å²) in [4.78, 5) is 10.5. The summed E-state index contributed by atoms with van der Waals surface area (Å²) in [6, 6.07) is 55.1. The highest BCUT2D eigenvalue weighted by molar-refractivity contribution is 6.19. The second-order valence-electron chi connectivity index (χ2n) is 11.4. The van der Waals surface area contributed by atoms with Gasteiger partial charge in [0.05, 0.1) is 5.39 Å². The molecule has 2 aromatic heterocycles. The first-order chi connectivity index (χ1) is 22.3. The van der Waals surface area contributed by atoms with Crippen LogP contribution >= 0.6 is 0 Å². The fourth-order valence-corrected chi connectivity index (χ4v) is 6.50. The van der Waals surface area contributed by atoms with Gasteiger partial charge in [-0.1, -0.05) is 140 Å². The Labute approximate surface area is 260 Å². The number of fused-ring (bicyclic) bond motifs is 6. The smallest absolute Gasteiger partial charge is 0.180 e. The number of hydrogen-bond donors (Lipinski definition) is 0. The van der Waals surface area contributed by atoms with Crippen LogP contribution in [0.15, 0.2) is 162 Å². The van der Waals surface area contributed by atoms with E-state index in [1.807, 2.05) is 12.1 Å². The van der Waals surface area contributed by atoms with Crippen molar-refractivity contribution in [1.82, 2.24) is 9.97 Å². The summed E-state index contributed by atoms with van der Waals surface area (Å²) in [5, 5.41) is 5.56. The number of nitrogens with zero attached hydrogens (tertiary/aromatic N) is 2. The SMILES string of the molecule is c1ccc(-c2cccc(-c3cccc(-c4nc(-c5cccc6ccccc56)nc5c4oc4ccc6ccccc6c45)c3)c2)cc1. The van der Waals surface area contributed by atoms with Gasteiger partial charge in [-0.25, -0.2) is 9.97 Å². The van der Waals surface area contributed by atoms with Crippen molar-refractivity contribution in [2.45, 2.75) is 0 Å². The van der Waals surface area contributed by atoms with E-state index in [1.165, 1.54) is 11.1 Å². The quantitative estimate of drug-likeness (QED) is 0.210. The molecule has 0 aliphatic rings. The average molecular weight is 575 g/mol. The van der Waals surface area contributed by atoms with E-state index in [4.69, 9.17) is 14.4 Å². The van der Waals surface area contributed by atoms with Gasteiger partial charge in [0, 0.05) is 11.1 Å². The van der Waals surface area contributed by atoms with Crippen LogP contribution in [0.1, 0.15) is 0 Å². The topological polar surface area (TPSA) is 38.9 Å². The highest BCUT2D eigenvalue weighted by Gasteiger charge is 2.21. The Morgan fingerprint density at radius 1 is 0.422 bits per heavy atom. The van der Waals surface area contributed by atoms with Crippen molar-refractivity contribution in [2.75, 3.05) is 0 Å². The number of hydrogen-bond acceptors (Lipinski definition) is 3. The Bertz CT molecular complexity index is 2540. The molecule has 3 nitrogen and oxygen atoms in total. The largest absolute Gasteiger partial charge is 0.452 e. The highest BCUT2D eigenvalue weighted by Crippen LogP contribution is 2.40. The Morgan fingerprint density at radius 3 is 1.80 bits per heavy atom. The predicted octanol–water partition coefficient (Wildman–Crippen LogP) is 11.4. The van der Waals surface area contributed by atoms with Crippen LogP contribution in [0.3, 0.4) is 0 Å². The minimum atomic E-state index is 0.682. The van der Waals surface area contributed by atoms with E-state index >= 15 is 0 Å². The van der Waals surface area contributed by atoms with Gasteiger partial charge in [0.2, 0.25) is 0 Å². The first kappa shape index (κ1) is 25.4. The van der Waals surface area contributed by atoms with Gasteiger partial charge in [0.25, 0.3) is 0 Å². The van der Waals surface area contributed by atoms with Crippen molar-refractivity contribution in [3.63, 3.8) is 0 Å². The lowest BCUT2D eigenvalue weighted by molar-refractivity contribution is 0.667. The lowest BCUT2D eigenvalue weighted by Gasteiger charge is -2.11. The molecule has 0 aliphatic carbocycles. The molecular weight excluding hydrogens is 548 g/mol. The van der Waals surface area contributed by atoms with E-state index < -0.39 is 0 Å². The van der Waals surface area contributed by atoms with Crippen LogP contribution in [0.5, 0.6) is 0 Å². The van der Waals surface area contributed by atoms with Crippen molar-refractivity contribution < 1.29 is 4.42 Å². The molecule has 0 N–H and O–H groups in total. The summed E-state index contributed by atoms with van der Waals surface area (Å²) in [5.74, 6) is 0.682. The van der Waals surface area contributed by atoms with Crippen LogP contribution in [-0.4, -0.2) is 9.97 Å². The molecule has 0 atom stereocenters. The van der Waals surface area contributed by atoms with Crippen molar-refractivity contribution in [3.8, 4) is 44.9 Å². The monoisotopic (exact) mass is 574 g/mol. The summed E-state index contributed by atoms with van der Waals surface area (Å²) in [6.07, 6.45) is 0. The van der Waals surface area contributed by atoms with Gasteiger partial charge in [-0.3, -0.25) is 0 Å². The Hall–Kier alpha value is -6.06. The summed E-state index contributed by atoms with van der Waals surface area (Å²) in [5.41, 5.74) is 9.73. The molecule has 2 heterocycles. The zero-order chi connectivity index (χ0) is 29.7. The maximum atomic E-state index is 6.62. The van der Waals surface area contributed by atoms with E-state index in [1.54, 1.807) is 0 Å². The van der Waals surface area contributed by atoms with Gasteiger partial charge < -0.3 is 4.42 Å². The van der Waals surface area contributed by atoms with E-state index in [2.05, 4.69) is 146 Å². The molecule has 0 saturated carbocycles. The minimum Gasteiger partial charge on any atom is -0.452 e.